The van der Waals surface area contributed by atoms with E-state index < -0.39 is 15.3 Å². The summed E-state index contributed by atoms with van der Waals surface area (Å²) in [5, 5.41) is 8.16. The highest BCUT2D eigenvalue weighted by Gasteiger charge is 2.14. The number of sulfonamides is 1. The zero-order chi connectivity index (χ0) is 12.2. The molecule has 0 aromatic heterocycles. The molecule has 0 saturated heterocycles. The van der Waals surface area contributed by atoms with E-state index in [1.54, 1.807) is 38.1 Å². The molecule has 0 aliphatic heterocycles. The highest BCUT2D eigenvalue weighted by Crippen LogP contribution is 2.04. The third-order valence-electron chi connectivity index (χ3n) is 2.18. The van der Waals surface area contributed by atoms with Crippen LogP contribution < -0.4 is 4.72 Å². The molecule has 0 aliphatic carbocycles. The second kappa shape index (κ2) is 5.10. The lowest BCUT2D eigenvalue weighted by molar-refractivity contribution is 0.572. The number of nitrogens with one attached hydrogen (secondary N) is 1. The maximum atomic E-state index is 11.5. The van der Waals surface area contributed by atoms with E-state index in [1.807, 2.05) is 6.07 Å². The fourth-order valence-corrected chi connectivity index (χ4v) is 1.75. The van der Waals surface area contributed by atoms with Crippen molar-refractivity contribution >= 4 is 10.0 Å². The lowest BCUT2D eigenvalue weighted by atomic mass is 10.1. The highest BCUT2D eigenvalue weighted by molar-refractivity contribution is 7.90. The van der Waals surface area contributed by atoms with Gasteiger partial charge in [-0.15, -0.1) is 0 Å². The minimum Gasteiger partial charge on any atom is -0.212 e. The van der Waals surface area contributed by atoms with Gasteiger partial charge in [-0.25, -0.2) is 13.1 Å². The van der Waals surface area contributed by atoms with Crippen LogP contribution in [0, 0.1) is 11.3 Å². The number of nitrogens with zero attached hydrogens (tertiary/aromatic N) is 1. The summed E-state index contributed by atoms with van der Waals surface area (Å²) in [7, 11) is -3.23. The van der Waals surface area contributed by atoms with Crippen molar-refractivity contribution in [2.45, 2.75) is 25.6 Å². The minimum absolute atomic E-state index is 0.256. The van der Waals surface area contributed by atoms with E-state index in [9.17, 15) is 8.42 Å². The van der Waals surface area contributed by atoms with Gasteiger partial charge in [0.25, 0.3) is 0 Å². The molecule has 0 radical (unpaired) electrons. The maximum Gasteiger partial charge on any atom is 0.214 e. The molecular weight excluding hydrogens is 224 g/mol. The summed E-state index contributed by atoms with van der Waals surface area (Å²) >= 11 is 0. The number of benzene rings is 1. The van der Waals surface area contributed by atoms with E-state index in [2.05, 4.69) is 4.72 Å². The average Bonchev–Trinajstić information content (AvgIpc) is 2.27. The summed E-state index contributed by atoms with van der Waals surface area (Å²) in [6, 6.07) is 8.81. The van der Waals surface area contributed by atoms with E-state index in [-0.39, 0.29) is 6.54 Å². The van der Waals surface area contributed by atoms with Crippen molar-refractivity contribution in [1.29, 1.82) is 5.26 Å². The summed E-state index contributed by atoms with van der Waals surface area (Å²) < 4.78 is 25.4. The van der Waals surface area contributed by atoms with Crippen molar-refractivity contribution in [3.63, 3.8) is 0 Å². The third-order valence-corrected chi connectivity index (χ3v) is 3.97. The summed E-state index contributed by atoms with van der Waals surface area (Å²) in [5.41, 5.74) is 1.40. The van der Waals surface area contributed by atoms with Crippen molar-refractivity contribution in [1.82, 2.24) is 4.72 Å². The Hall–Kier alpha value is -1.38. The lowest BCUT2D eigenvalue weighted by Gasteiger charge is -2.09. The molecule has 1 rings (SSSR count). The van der Waals surface area contributed by atoms with Crippen molar-refractivity contribution < 1.29 is 8.42 Å². The zero-order valence-electron chi connectivity index (χ0n) is 9.27. The van der Waals surface area contributed by atoms with E-state index in [0.29, 0.717) is 5.56 Å². The van der Waals surface area contributed by atoms with Gasteiger partial charge < -0.3 is 0 Å². The van der Waals surface area contributed by atoms with Gasteiger partial charge in [-0.1, -0.05) is 12.1 Å². The molecule has 0 bridgehead atoms. The van der Waals surface area contributed by atoms with Gasteiger partial charge >= 0.3 is 0 Å². The SMILES string of the molecule is CC(C)S(=O)(=O)NCc1ccc(C#N)cc1. The molecule has 1 aromatic rings. The number of hydrogen-bond donors (Lipinski definition) is 1. The van der Waals surface area contributed by atoms with Crippen molar-refractivity contribution in [2.24, 2.45) is 0 Å². The van der Waals surface area contributed by atoms with E-state index in [4.69, 9.17) is 5.26 Å². The Balaban J connectivity index is 2.66. The molecule has 16 heavy (non-hydrogen) atoms. The van der Waals surface area contributed by atoms with Crippen LogP contribution in [0.2, 0.25) is 0 Å². The molecular formula is C11H14N2O2S. The standard InChI is InChI=1S/C11H14N2O2S/c1-9(2)16(14,15)13-8-11-5-3-10(7-12)4-6-11/h3-6,9,13H,8H2,1-2H3. The Morgan fingerprint density at radius 3 is 2.31 bits per heavy atom. The Bertz CT molecular complexity index is 484. The molecule has 86 valence electrons. The van der Waals surface area contributed by atoms with Crippen LogP contribution in [0.5, 0.6) is 0 Å². The van der Waals surface area contributed by atoms with E-state index >= 15 is 0 Å². The van der Waals surface area contributed by atoms with Crippen LogP contribution in [0.3, 0.4) is 0 Å². The van der Waals surface area contributed by atoms with Gasteiger partial charge in [0.05, 0.1) is 16.9 Å². The van der Waals surface area contributed by atoms with Gasteiger partial charge in [0.1, 0.15) is 0 Å². The van der Waals surface area contributed by atoms with Gasteiger partial charge in [0.15, 0.2) is 0 Å². The molecule has 0 spiro atoms. The highest BCUT2D eigenvalue weighted by atomic mass is 32.2. The monoisotopic (exact) mass is 238 g/mol. The molecule has 1 aromatic carbocycles. The van der Waals surface area contributed by atoms with Gasteiger partial charge in [0.2, 0.25) is 10.0 Å². The zero-order valence-corrected chi connectivity index (χ0v) is 10.1. The maximum absolute atomic E-state index is 11.5. The first-order valence-electron chi connectivity index (χ1n) is 4.93. The van der Waals surface area contributed by atoms with Crippen LogP contribution in [0.15, 0.2) is 24.3 Å². The van der Waals surface area contributed by atoms with Gasteiger partial charge in [0, 0.05) is 6.54 Å². The molecule has 0 atom stereocenters. The van der Waals surface area contributed by atoms with Crippen molar-refractivity contribution in [3.8, 4) is 6.07 Å². The fraction of sp³-hybridized carbons (Fsp3) is 0.364. The normalized spacial score (nSPS) is 11.4. The number of hydrogen-bond acceptors (Lipinski definition) is 3. The van der Waals surface area contributed by atoms with Crippen LogP contribution in [0.4, 0.5) is 0 Å². The summed E-state index contributed by atoms with van der Waals surface area (Å²) in [6.07, 6.45) is 0. The lowest BCUT2D eigenvalue weighted by Crippen LogP contribution is -2.30. The second-order valence-electron chi connectivity index (χ2n) is 3.72. The predicted octanol–water partition coefficient (Wildman–Crippen LogP) is 1.39. The van der Waals surface area contributed by atoms with E-state index in [0.717, 1.165) is 5.56 Å². The molecule has 0 amide bonds. The van der Waals surface area contributed by atoms with Crippen LogP contribution in [-0.4, -0.2) is 13.7 Å². The molecule has 1 N–H and O–H groups in total. The van der Waals surface area contributed by atoms with Crippen LogP contribution in [0.1, 0.15) is 25.0 Å². The molecule has 0 aliphatic rings. The molecule has 4 nitrogen and oxygen atoms in total. The van der Waals surface area contributed by atoms with Gasteiger partial charge in [-0.2, -0.15) is 5.26 Å². The predicted molar refractivity (Wildman–Crippen MR) is 62.1 cm³/mol. The van der Waals surface area contributed by atoms with Crippen LogP contribution in [-0.2, 0) is 16.6 Å². The molecule has 0 saturated carbocycles. The van der Waals surface area contributed by atoms with Crippen LogP contribution in [0.25, 0.3) is 0 Å². The summed E-state index contributed by atoms with van der Waals surface area (Å²) in [5.74, 6) is 0. The molecule has 0 heterocycles. The first-order chi connectivity index (χ1) is 7.45. The molecule has 0 fully saturated rings. The first kappa shape index (κ1) is 12.7. The Kier molecular flexibility index (Phi) is 4.05. The topological polar surface area (TPSA) is 70.0 Å². The Morgan fingerprint density at radius 1 is 1.31 bits per heavy atom. The molecule has 5 heteroatoms. The summed E-state index contributed by atoms with van der Waals surface area (Å²) in [6.45, 7) is 3.51. The summed E-state index contributed by atoms with van der Waals surface area (Å²) in [4.78, 5) is 0. The number of rotatable bonds is 4. The Morgan fingerprint density at radius 2 is 1.88 bits per heavy atom. The number of nitriles is 1. The first-order valence-corrected chi connectivity index (χ1v) is 6.48. The Labute approximate surface area is 96.0 Å². The smallest absolute Gasteiger partial charge is 0.212 e. The largest absolute Gasteiger partial charge is 0.214 e. The quantitative estimate of drug-likeness (QED) is 0.861. The van der Waals surface area contributed by atoms with Crippen LogP contribution >= 0.6 is 0 Å². The second-order valence-corrected chi connectivity index (χ2v) is 6.05. The van der Waals surface area contributed by atoms with Gasteiger partial charge in [-0.05, 0) is 31.5 Å². The van der Waals surface area contributed by atoms with Gasteiger partial charge in [-0.3, -0.25) is 0 Å². The van der Waals surface area contributed by atoms with E-state index in [1.165, 1.54) is 0 Å². The average molecular weight is 238 g/mol. The third kappa shape index (κ3) is 3.33. The van der Waals surface area contributed by atoms with Crippen molar-refractivity contribution in [3.05, 3.63) is 35.4 Å². The molecule has 0 unspecified atom stereocenters. The van der Waals surface area contributed by atoms with Crippen molar-refractivity contribution in [2.75, 3.05) is 0 Å². The fourth-order valence-electron chi connectivity index (χ4n) is 1.05. The minimum atomic E-state index is -3.23.